The van der Waals surface area contributed by atoms with Crippen molar-refractivity contribution >= 4 is 35.2 Å². The second kappa shape index (κ2) is 14.7. The molecule has 0 saturated carbocycles. The highest BCUT2D eigenvalue weighted by Crippen LogP contribution is 2.31. The minimum Gasteiger partial charge on any atom is -0.368 e. The Bertz CT molecular complexity index is 1640. The molecule has 2 fully saturated rings. The number of nitrogens with two attached hydrogens (primary N) is 2. The molecular formula is C38H52N12. The molecule has 2 aromatic heterocycles. The van der Waals surface area contributed by atoms with Crippen LogP contribution in [0.4, 0.5) is 35.2 Å². The molecular weight excluding hydrogens is 625 g/mol. The van der Waals surface area contributed by atoms with E-state index in [0.29, 0.717) is 24.0 Å². The third-order valence-electron chi connectivity index (χ3n) is 10.7. The van der Waals surface area contributed by atoms with E-state index in [2.05, 4.69) is 138 Å². The van der Waals surface area contributed by atoms with Crippen molar-refractivity contribution in [2.45, 2.75) is 51.9 Å². The topological polar surface area (TPSA) is 123 Å². The average Bonchev–Trinajstić information content (AvgIpc) is 3.11. The summed E-state index contributed by atoms with van der Waals surface area (Å²) in [5, 5.41) is 0. The summed E-state index contributed by atoms with van der Waals surface area (Å²) in [5.41, 5.74) is 17.7. The normalized spacial score (nSPS) is 21.3. The maximum absolute atomic E-state index is 6.05. The Kier molecular flexibility index (Phi) is 9.91. The van der Waals surface area contributed by atoms with E-state index in [1.807, 2.05) is 0 Å². The van der Waals surface area contributed by atoms with E-state index in [-0.39, 0.29) is 0 Å². The van der Waals surface area contributed by atoms with Crippen LogP contribution in [0.1, 0.15) is 36.1 Å². The molecule has 0 amide bonds. The van der Waals surface area contributed by atoms with Gasteiger partial charge in [-0.2, -0.15) is 19.9 Å². The van der Waals surface area contributed by atoms with Gasteiger partial charge in [-0.1, -0.05) is 48.5 Å². The molecule has 0 radical (unpaired) electrons. The van der Waals surface area contributed by atoms with E-state index in [4.69, 9.17) is 11.5 Å². The SMILES string of the molecule is C[C@@H]1Cc2ccccc2CN1c1cc(N2CCN(C)CC2)nc(N)n1.C[C@H]1Cc2ccccc2CN1c1cc(N2CCN(C)CC2)nc(N)n1. The highest BCUT2D eigenvalue weighted by Gasteiger charge is 2.27. The van der Waals surface area contributed by atoms with Crippen molar-refractivity contribution in [3.8, 4) is 0 Å². The van der Waals surface area contributed by atoms with Crippen molar-refractivity contribution < 1.29 is 0 Å². The van der Waals surface area contributed by atoms with Crippen LogP contribution in [0, 0.1) is 0 Å². The first-order valence-corrected chi connectivity index (χ1v) is 18.0. The third-order valence-corrected chi connectivity index (χ3v) is 10.7. The standard InChI is InChI=1S/2C19H26N6/c2*1-14-11-15-5-3-4-6-16(15)13-25(14)18-12-17(21-19(20)22-18)24-9-7-23(2)8-10-24/h2*3-6,12,14H,7-11,13H2,1-2H3,(H2,20,21,22)/t2*14-/m10/s1. The Balaban J connectivity index is 0.000000157. The predicted molar refractivity (Wildman–Crippen MR) is 204 cm³/mol. The first kappa shape index (κ1) is 33.8. The number of likely N-dealkylation sites (N-methyl/N-ethyl adjacent to an activating group) is 2. The lowest BCUT2D eigenvalue weighted by Gasteiger charge is -2.37. The van der Waals surface area contributed by atoms with Gasteiger partial charge in [0, 0.05) is 89.7 Å². The van der Waals surface area contributed by atoms with Crippen molar-refractivity contribution in [2.75, 3.05) is 97.5 Å². The lowest BCUT2D eigenvalue weighted by molar-refractivity contribution is 0.312. The molecule has 2 saturated heterocycles. The fourth-order valence-electron chi connectivity index (χ4n) is 7.54. The molecule has 12 heteroatoms. The molecule has 2 aromatic carbocycles. The van der Waals surface area contributed by atoms with Crippen LogP contribution >= 0.6 is 0 Å². The van der Waals surface area contributed by atoms with Crippen molar-refractivity contribution in [2.24, 2.45) is 0 Å². The average molecular weight is 677 g/mol. The Morgan fingerprint density at radius 3 is 1.22 bits per heavy atom. The summed E-state index contributed by atoms with van der Waals surface area (Å²) < 4.78 is 0. The Hall–Kier alpha value is -4.68. The van der Waals surface area contributed by atoms with Crippen LogP contribution in [-0.4, -0.2) is 108 Å². The largest absolute Gasteiger partial charge is 0.368 e. The molecule has 4 aliphatic rings. The summed E-state index contributed by atoms with van der Waals surface area (Å²) >= 11 is 0. The number of nitrogen functional groups attached to an aromatic ring is 2. The van der Waals surface area contributed by atoms with Gasteiger partial charge in [0.15, 0.2) is 0 Å². The Morgan fingerprint density at radius 1 is 0.500 bits per heavy atom. The number of aromatic nitrogens is 4. The molecule has 50 heavy (non-hydrogen) atoms. The molecule has 0 bridgehead atoms. The summed E-state index contributed by atoms with van der Waals surface area (Å²) in [7, 11) is 4.31. The number of piperazine rings is 2. The number of rotatable bonds is 4. The minimum atomic E-state index is 0.359. The molecule has 2 atom stereocenters. The number of benzene rings is 2. The smallest absolute Gasteiger partial charge is 0.223 e. The third kappa shape index (κ3) is 7.56. The lowest BCUT2D eigenvalue weighted by atomic mass is 9.95. The maximum atomic E-state index is 6.05. The van der Waals surface area contributed by atoms with E-state index in [0.717, 1.165) is 102 Å². The molecule has 4 N–H and O–H groups in total. The molecule has 4 aliphatic heterocycles. The molecule has 0 spiro atoms. The second-order valence-corrected chi connectivity index (χ2v) is 14.4. The molecule has 0 aliphatic carbocycles. The van der Waals surface area contributed by atoms with Gasteiger partial charge in [0.1, 0.15) is 23.3 Å². The lowest BCUT2D eigenvalue weighted by Crippen LogP contribution is -2.45. The number of fused-ring (bicyclic) bond motifs is 2. The van der Waals surface area contributed by atoms with Crippen molar-refractivity contribution in [3.05, 3.63) is 82.9 Å². The molecule has 264 valence electrons. The van der Waals surface area contributed by atoms with Gasteiger partial charge in [0.05, 0.1) is 0 Å². The Labute approximate surface area is 296 Å². The van der Waals surface area contributed by atoms with Crippen LogP contribution < -0.4 is 31.1 Å². The minimum absolute atomic E-state index is 0.359. The fraction of sp³-hybridized carbons (Fsp3) is 0.474. The van der Waals surface area contributed by atoms with Crippen LogP contribution in [0.15, 0.2) is 60.7 Å². The van der Waals surface area contributed by atoms with E-state index < -0.39 is 0 Å². The van der Waals surface area contributed by atoms with Gasteiger partial charge in [0.25, 0.3) is 0 Å². The molecule has 8 rings (SSSR count). The summed E-state index contributed by atoms with van der Waals surface area (Å²) in [6, 6.07) is 22.3. The highest BCUT2D eigenvalue weighted by atomic mass is 15.3. The van der Waals surface area contributed by atoms with Gasteiger partial charge in [-0.25, -0.2) is 0 Å². The summed E-state index contributed by atoms with van der Waals surface area (Å²) in [6.45, 7) is 14.4. The van der Waals surface area contributed by atoms with Gasteiger partial charge in [-0.05, 0) is 63.0 Å². The second-order valence-electron chi connectivity index (χ2n) is 14.4. The molecule has 6 heterocycles. The summed E-state index contributed by atoms with van der Waals surface area (Å²) in [5.74, 6) is 4.48. The monoisotopic (exact) mass is 676 g/mol. The van der Waals surface area contributed by atoms with Gasteiger partial charge in [-0.3, -0.25) is 0 Å². The van der Waals surface area contributed by atoms with Crippen LogP contribution in [0.5, 0.6) is 0 Å². The first-order chi connectivity index (χ1) is 24.2. The first-order valence-electron chi connectivity index (χ1n) is 18.0. The number of anilines is 6. The van der Waals surface area contributed by atoms with Crippen LogP contribution in [0.2, 0.25) is 0 Å². The summed E-state index contributed by atoms with van der Waals surface area (Å²) in [6.07, 6.45) is 2.06. The zero-order valence-electron chi connectivity index (χ0n) is 30.0. The maximum Gasteiger partial charge on any atom is 0.223 e. The van der Waals surface area contributed by atoms with Gasteiger partial charge >= 0.3 is 0 Å². The Morgan fingerprint density at radius 2 is 0.840 bits per heavy atom. The van der Waals surface area contributed by atoms with Gasteiger partial charge in [0.2, 0.25) is 11.9 Å². The molecule has 0 unspecified atom stereocenters. The van der Waals surface area contributed by atoms with E-state index >= 15 is 0 Å². The predicted octanol–water partition coefficient (Wildman–Crippen LogP) is 3.52. The number of nitrogens with zero attached hydrogens (tertiary/aromatic N) is 10. The number of hydrogen-bond donors (Lipinski definition) is 2. The van der Waals surface area contributed by atoms with Crippen LogP contribution in [-0.2, 0) is 25.9 Å². The quantitative estimate of drug-likeness (QED) is 0.329. The van der Waals surface area contributed by atoms with Gasteiger partial charge < -0.3 is 40.9 Å². The molecule has 12 nitrogen and oxygen atoms in total. The van der Waals surface area contributed by atoms with Gasteiger partial charge in [-0.15, -0.1) is 0 Å². The fourth-order valence-corrected chi connectivity index (χ4v) is 7.54. The zero-order valence-corrected chi connectivity index (χ0v) is 30.0. The van der Waals surface area contributed by atoms with Crippen molar-refractivity contribution in [1.82, 2.24) is 29.7 Å². The van der Waals surface area contributed by atoms with E-state index in [9.17, 15) is 0 Å². The molecule has 4 aromatic rings. The van der Waals surface area contributed by atoms with Crippen LogP contribution in [0.25, 0.3) is 0 Å². The number of hydrogen-bond acceptors (Lipinski definition) is 12. The highest BCUT2D eigenvalue weighted by molar-refractivity contribution is 5.57. The zero-order chi connectivity index (χ0) is 34.8. The van der Waals surface area contributed by atoms with E-state index in [1.165, 1.54) is 22.3 Å². The van der Waals surface area contributed by atoms with Crippen molar-refractivity contribution in [1.29, 1.82) is 0 Å². The van der Waals surface area contributed by atoms with Crippen molar-refractivity contribution in [3.63, 3.8) is 0 Å². The summed E-state index contributed by atoms with van der Waals surface area (Å²) in [4.78, 5) is 32.1. The van der Waals surface area contributed by atoms with Crippen LogP contribution in [0.3, 0.4) is 0 Å². The van der Waals surface area contributed by atoms with E-state index in [1.54, 1.807) is 0 Å².